The molecule has 0 bridgehead atoms. The molecule has 17 heavy (non-hydrogen) atoms. The molecule has 0 aromatic heterocycles. The molecular formula is C14H29N3. The highest BCUT2D eigenvalue weighted by Gasteiger charge is 2.26. The smallest absolute Gasteiger partial charge is 0.0170 e. The van der Waals surface area contributed by atoms with Crippen molar-refractivity contribution in [1.29, 1.82) is 0 Å². The van der Waals surface area contributed by atoms with Crippen LogP contribution in [0.3, 0.4) is 0 Å². The van der Waals surface area contributed by atoms with Crippen molar-refractivity contribution < 1.29 is 0 Å². The van der Waals surface area contributed by atoms with Crippen molar-refractivity contribution >= 4 is 0 Å². The largest absolute Gasteiger partial charge is 0.327 e. The van der Waals surface area contributed by atoms with E-state index in [9.17, 15) is 0 Å². The van der Waals surface area contributed by atoms with Gasteiger partial charge in [0.15, 0.2) is 0 Å². The molecule has 3 heteroatoms. The summed E-state index contributed by atoms with van der Waals surface area (Å²) in [7, 11) is 0. The van der Waals surface area contributed by atoms with Crippen LogP contribution in [-0.2, 0) is 0 Å². The molecule has 0 radical (unpaired) electrons. The lowest BCUT2D eigenvalue weighted by Gasteiger charge is -2.36. The summed E-state index contributed by atoms with van der Waals surface area (Å²) in [5.74, 6) is 1.76. The number of rotatable bonds is 6. The van der Waals surface area contributed by atoms with E-state index in [0.717, 1.165) is 24.8 Å². The molecule has 1 aliphatic carbocycles. The molecule has 1 atom stereocenters. The van der Waals surface area contributed by atoms with E-state index in [2.05, 4.69) is 23.6 Å². The average Bonchev–Trinajstić information content (AvgIpc) is 3.03. The summed E-state index contributed by atoms with van der Waals surface area (Å²) >= 11 is 0. The lowest BCUT2D eigenvalue weighted by atomic mass is 10.0. The molecule has 2 rings (SSSR count). The molecule has 0 amide bonds. The lowest BCUT2D eigenvalue weighted by molar-refractivity contribution is 0.121. The molecule has 1 unspecified atom stereocenters. The van der Waals surface area contributed by atoms with E-state index in [0.29, 0.717) is 6.04 Å². The summed E-state index contributed by atoms with van der Waals surface area (Å²) in [5, 5.41) is 0. The van der Waals surface area contributed by atoms with Crippen LogP contribution < -0.4 is 5.73 Å². The summed E-state index contributed by atoms with van der Waals surface area (Å²) in [6, 6.07) is 0.366. The first kappa shape index (κ1) is 13.3. The van der Waals surface area contributed by atoms with Gasteiger partial charge in [0.2, 0.25) is 0 Å². The molecule has 2 fully saturated rings. The van der Waals surface area contributed by atoms with Crippen LogP contribution in [0.25, 0.3) is 0 Å². The Morgan fingerprint density at radius 3 is 2.18 bits per heavy atom. The summed E-state index contributed by atoms with van der Waals surface area (Å²) in [5.41, 5.74) is 6.18. The standard InChI is InChI=1S/C14H29N3/c1-12(2)9-14(15)11-17-7-5-16(6-8-17)10-13-3-4-13/h12-14H,3-11,15H2,1-2H3. The van der Waals surface area contributed by atoms with Crippen molar-refractivity contribution in [3.8, 4) is 0 Å². The van der Waals surface area contributed by atoms with Gasteiger partial charge in [-0.1, -0.05) is 13.8 Å². The fourth-order valence-corrected chi connectivity index (χ4v) is 2.83. The Balaban J connectivity index is 1.60. The van der Waals surface area contributed by atoms with Crippen LogP contribution in [0.1, 0.15) is 33.1 Å². The van der Waals surface area contributed by atoms with Crippen LogP contribution in [0.15, 0.2) is 0 Å². The first-order valence-corrected chi connectivity index (χ1v) is 7.33. The number of hydrogen-bond acceptors (Lipinski definition) is 3. The molecule has 0 spiro atoms. The van der Waals surface area contributed by atoms with Gasteiger partial charge in [-0.15, -0.1) is 0 Å². The van der Waals surface area contributed by atoms with Gasteiger partial charge in [-0.05, 0) is 31.1 Å². The lowest BCUT2D eigenvalue weighted by Crippen LogP contribution is -2.50. The minimum atomic E-state index is 0.366. The highest BCUT2D eigenvalue weighted by atomic mass is 15.3. The van der Waals surface area contributed by atoms with Crippen LogP contribution in [0.5, 0.6) is 0 Å². The van der Waals surface area contributed by atoms with Gasteiger partial charge in [-0.2, -0.15) is 0 Å². The Bertz CT molecular complexity index is 218. The van der Waals surface area contributed by atoms with E-state index in [-0.39, 0.29) is 0 Å². The number of nitrogens with zero attached hydrogens (tertiary/aromatic N) is 2. The normalized spacial score (nSPS) is 25.4. The van der Waals surface area contributed by atoms with Crippen LogP contribution >= 0.6 is 0 Å². The van der Waals surface area contributed by atoms with Gasteiger partial charge in [-0.25, -0.2) is 0 Å². The molecule has 1 heterocycles. The third-order valence-corrected chi connectivity index (χ3v) is 3.95. The highest BCUT2D eigenvalue weighted by molar-refractivity contribution is 4.81. The third-order valence-electron chi connectivity index (χ3n) is 3.95. The zero-order valence-electron chi connectivity index (χ0n) is 11.6. The van der Waals surface area contributed by atoms with E-state index in [1.165, 1.54) is 45.6 Å². The van der Waals surface area contributed by atoms with Crippen LogP contribution in [-0.4, -0.2) is 55.1 Å². The van der Waals surface area contributed by atoms with Gasteiger partial charge in [0.1, 0.15) is 0 Å². The maximum atomic E-state index is 6.18. The second kappa shape index (κ2) is 6.17. The van der Waals surface area contributed by atoms with Gasteiger partial charge in [0.05, 0.1) is 0 Å². The second-order valence-corrected chi connectivity index (χ2v) is 6.43. The molecule has 3 nitrogen and oxygen atoms in total. The molecule has 1 saturated heterocycles. The molecule has 1 aliphatic heterocycles. The molecule has 100 valence electrons. The minimum Gasteiger partial charge on any atom is -0.327 e. The summed E-state index contributed by atoms with van der Waals surface area (Å²) in [6.07, 6.45) is 4.10. The topological polar surface area (TPSA) is 32.5 Å². The van der Waals surface area contributed by atoms with Gasteiger partial charge in [0, 0.05) is 45.3 Å². The predicted octanol–water partition coefficient (Wildman–Crippen LogP) is 1.39. The zero-order chi connectivity index (χ0) is 12.3. The first-order chi connectivity index (χ1) is 8.13. The predicted molar refractivity (Wildman–Crippen MR) is 73.0 cm³/mol. The average molecular weight is 239 g/mol. The number of nitrogens with two attached hydrogens (primary N) is 1. The van der Waals surface area contributed by atoms with Crippen molar-refractivity contribution in [1.82, 2.24) is 9.80 Å². The molecule has 0 aromatic rings. The fourth-order valence-electron chi connectivity index (χ4n) is 2.83. The van der Waals surface area contributed by atoms with Crippen molar-refractivity contribution in [2.45, 2.75) is 39.2 Å². The Morgan fingerprint density at radius 2 is 1.65 bits per heavy atom. The van der Waals surface area contributed by atoms with Crippen molar-refractivity contribution in [3.63, 3.8) is 0 Å². The molecular weight excluding hydrogens is 210 g/mol. The molecule has 1 saturated carbocycles. The summed E-state index contributed by atoms with van der Waals surface area (Å²) in [4.78, 5) is 5.19. The van der Waals surface area contributed by atoms with E-state index in [1.54, 1.807) is 0 Å². The van der Waals surface area contributed by atoms with Gasteiger partial charge in [-0.3, -0.25) is 4.90 Å². The quantitative estimate of drug-likeness (QED) is 0.760. The van der Waals surface area contributed by atoms with Crippen molar-refractivity contribution in [2.75, 3.05) is 39.3 Å². The van der Waals surface area contributed by atoms with Gasteiger partial charge in [0.25, 0.3) is 0 Å². The van der Waals surface area contributed by atoms with Gasteiger partial charge < -0.3 is 10.6 Å². The van der Waals surface area contributed by atoms with Crippen LogP contribution in [0.2, 0.25) is 0 Å². The van der Waals surface area contributed by atoms with Crippen molar-refractivity contribution in [3.05, 3.63) is 0 Å². The van der Waals surface area contributed by atoms with E-state index < -0.39 is 0 Å². The van der Waals surface area contributed by atoms with E-state index >= 15 is 0 Å². The van der Waals surface area contributed by atoms with Gasteiger partial charge >= 0.3 is 0 Å². The maximum absolute atomic E-state index is 6.18. The minimum absolute atomic E-state index is 0.366. The molecule has 2 aliphatic rings. The SMILES string of the molecule is CC(C)CC(N)CN1CCN(CC2CC2)CC1. The fraction of sp³-hybridized carbons (Fsp3) is 1.00. The zero-order valence-corrected chi connectivity index (χ0v) is 11.6. The van der Waals surface area contributed by atoms with Crippen LogP contribution in [0, 0.1) is 11.8 Å². The monoisotopic (exact) mass is 239 g/mol. The highest BCUT2D eigenvalue weighted by Crippen LogP contribution is 2.29. The summed E-state index contributed by atoms with van der Waals surface area (Å²) < 4.78 is 0. The first-order valence-electron chi connectivity index (χ1n) is 7.33. The Labute approximate surface area is 106 Å². The molecule has 0 aromatic carbocycles. The number of hydrogen-bond donors (Lipinski definition) is 1. The Morgan fingerprint density at radius 1 is 1.06 bits per heavy atom. The Hall–Kier alpha value is -0.120. The van der Waals surface area contributed by atoms with Crippen LogP contribution in [0.4, 0.5) is 0 Å². The second-order valence-electron chi connectivity index (χ2n) is 6.43. The summed E-state index contributed by atoms with van der Waals surface area (Å²) in [6.45, 7) is 11.9. The molecule has 2 N–H and O–H groups in total. The van der Waals surface area contributed by atoms with Crippen molar-refractivity contribution in [2.24, 2.45) is 17.6 Å². The third kappa shape index (κ3) is 4.94. The van der Waals surface area contributed by atoms with E-state index in [1.807, 2.05) is 0 Å². The number of piperazine rings is 1. The Kier molecular flexibility index (Phi) is 4.83. The maximum Gasteiger partial charge on any atom is 0.0170 e. The van der Waals surface area contributed by atoms with E-state index in [4.69, 9.17) is 5.73 Å².